The summed E-state index contributed by atoms with van der Waals surface area (Å²) in [4.78, 5) is 18.2. The molecule has 1 aromatic heterocycles. The van der Waals surface area contributed by atoms with Crippen LogP contribution in [0.4, 0.5) is 0 Å². The molecule has 1 N–H and O–H groups in total. The lowest BCUT2D eigenvalue weighted by Crippen LogP contribution is -2.40. The van der Waals surface area contributed by atoms with Crippen LogP contribution in [-0.2, 0) is 10.3 Å². The fourth-order valence-electron chi connectivity index (χ4n) is 2.93. The van der Waals surface area contributed by atoms with Gasteiger partial charge in [-0.1, -0.05) is 12.1 Å². The highest BCUT2D eigenvalue weighted by molar-refractivity contribution is 5.73. The molecule has 21 heavy (non-hydrogen) atoms. The van der Waals surface area contributed by atoms with E-state index in [2.05, 4.69) is 27.3 Å². The fourth-order valence-corrected chi connectivity index (χ4v) is 2.93. The van der Waals surface area contributed by atoms with Crippen LogP contribution in [0.1, 0.15) is 64.6 Å². The monoisotopic (exact) mass is 294 g/mol. The Hall–Kier alpha value is -1.43. The molecule has 0 spiro atoms. The number of carbonyl (C=O) groups excluding carboxylic acids is 1. The third-order valence-electron chi connectivity index (χ3n) is 3.88. The highest BCUT2D eigenvalue weighted by Gasteiger charge is 2.31. The molecule has 0 radical (unpaired) electrons. The minimum atomic E-state index is -0.606. The molecule has 1 unspecified atom stereocenters. The third kappa shape index (κ3) is 4.03. The van der Waals surface area contributed by atoms with E-state index in [9.17, 15) is 4.79 Å². The molecule has 1 aliphatic heterocycles. The number of rotatable bonds is 5. The quantitative estimate of drug-likeness (QED) is 0.899. The normalized spacial score (nSPS) is 20.5. The van der Waals surface area contributed by atoms with Crippen LogP contribution in [0.5, 0.6) is 0 Å². The number of piperidine rings is 1. The van der Waals surface area contributed by atoms with Gasteiger partial charge in [0, 0.05) is 13.5 Å². The zero-order valence-electron chi connectivity index (χ0n) is 13.5. The van der Waals surface area contributed by atoms with Gasteiger partial charge in [-0.25, -0.2) is 0 Å². The Labute approximate surface area is 126 Å². The summed E-state index contributed by atoms with van der Waals surface area (Å²) in [5, 5.41) is 6.91. The van der Waals surface area contributed by atoms with Crippen molar-refractivity contribution >= 4 is 5.91 Å². The molecule has 1 saturated heterocycles. The van der Waals surface area contributed by atoms with E-state index >= 15 is 0 Å². The van der Waals surface area contributed by atoms with Crippen LogP contribution in [0.3, 0.4) is 0 Å². The van der Waals surface area contributed by atoms with Crippen molar-refractivity contribution in [1.29, 1.82) is 0 Å². The molecule has 1 fully saturated rings. The van der Waals surface area contributed by atoms with Crippen LogP contribution >= 0.6 is 0 Å². The summed E-state index contributed by atoms with van der Waals surface area (Å²) >= 11 is 0. The van der Waals surface area contributed by atoms with Gasteiger partial charge in [0.05, 0.1) is 11.5 Å². The topological polar surface area (TPSA) is 71.3 Å². The standard InChI is InChI=1S/C15H26N4O2/c1-5-8-19-9-6-7-12(10-19)13-16-14(18-21-13)15(3,4)17-11(2)20/h12H,5-10H2,1-4H3,(H,17,20). The van der Waals surface area contributed by atoms with Gasteiger partial charge in [0.1, 0.15) is 0 Å². The van der Waals surface area contributed by atoms with Gasteiger partial charge in [0.2, 0.25) is 11.8 Å². The maximum absolute atomic E-state index is 11.3. The van der Waals surface area contributed by atoms with E-state index in [0.29, 0.717) is 17.6 Å². The van der Waals surface area contributed by atoms with Crippen LogP contribution in [0.25, 0.3) is 0 Å². The first-order valence-electron chi connectivity index (χ1n) is 7.77. The highest BCUT2D eigenvalue weighted by Crippen LogP contribution is 2.27. The summed E-state index contributed by atoms with van der Waals surface area (Å²) in [5.74, 6) is 1.45. The molecule has 2 heterocycles. The Kier molecular flexibility index (Phi) is 4.98. The third-order valence-corrected chi connectivity index (χ3v) is 3.88. The summed E-state index contributed by atoms with van der Waals surface area (Å²) in [6.07, 6.45) is 3.41. The van der Waals surface area contributed by atoms with E-state index in [0.717, 1.165) is 38.9 Å². The summed E-state index contributed by atoms with van der Waals surface area (Å²) in [7, 11) is 0. The SMILES string of the molecule is CCCN1CCCC(c2nc(C(C)(C)NC(C)=O)no2)C1. The van der Waals surface area contributed by atoms with Gasteiger partial charge in [-0.3, -0.25) is 4.79 Å². The zero-order valence-corrected chi connectivity index (χ0v) is 13.5. The first kappa shape index (κ1) is 15.9. The Morgan fingerprint density at radius 2 is 2.29 bits per heavy atom. The van der Waals surface area contributed by atoms with E-state index in [1.165, 1.54) is 6.92 Å². The average molecular weight is 294 g/mol. The number of likely N-dealkylation sites (tertiary alicyclic amines) is 1. The van der Waals surface area contributed by atoms with Gasteiger partial charge in [-0.2, -0.15) is 4.98 Å². The van der Waals surface area contributed by atoms with Crippen LogP contribution in [0.15, 0.2) is 4.52 Å². The van der Waals surface area contributed by atoms with Gasteiger partial charge >= 0.3 is 0 Å². The molecule has 6 heteroatoms. The molecule has 6 nitrogen and oxygen atoms in total. The minimum Gasteiger partial charge on any atom is -0.344 e. The smallest absolute Gasteiger partial charge is 0.231 e. The van der Waals surface area contributed by atoms with E-state index in [4.69, 9.17) is 4.52 Å². The second kappa shape index (κ2) is 6.56. The number of hydrogen-bond donors (Lipinski definition) is 1. The number of nitrogens with one attached hydrogen (secondary N) is 1. The van der Waals surface area contributed by atoms with Crippen molar-refractivity contribution in [2.24, 2.45) is 0 Å². The summed E-state index contributed by atoms with van der Waals surface area (Å²) in [6, 6.07) is 0. The van der Waals surface area contributed by atoms with Crippen LogP contribution < -0.4 is 5.32 Å². The molecule has 2 rings (SSSR count). The van der Waals surface area contributed by atoms with E-state index in [1.54, 1.807) is 0 Å². The van der Waals surface area contributed by atoms with E-state index in [-0.39, 0.29) is 5.91 Å². The lowest BCUT2D eigenvalue weighted by molar-refractivity contribution is -0.120. The maximum atomic E-state index is 11.3. The Balaban J connectivity index is 2.07. The summed E-state index contributed by atoms with van der Waals surface area (Å²) < 4.78 is 5.46. The largest absolute Gasteiger partial charge is 0.344 e. The van der Waals surface area contributed by atoms with Gasteiger partial charge < -0.3 is 14.7 Å². The molecule has 1 atom stereocenters. The first-order chi connectivity index (χ1) is 9.92. The second-order valence-corrected chi connectivity index (χ2v) is 6.40. The lowest BCUT2D eigenvalue weighted by Gasteiger charge is -2.30. The van der Waals surface area contributed by atoms with E-state index < -0.39 is 5.54 Å². The first-order valence-corrected chi connectivity index (χ1v) is 7.77. The molecule has 1 aromatic rings. The molecule has 1 aliphatic rings. The zero-order chi connectivity index (χ0) is 15.5. The molecule has 118 valence electrons. The molecular weight excluding hydrogens is 268 g/mol. The molecular formula is C15H26N4O2. The van der Waals surface area contributed by atoms with E-state index in [1.807, 2.05) is 13.8 Å². The Morgan fingerprint density at radius 3 is 2.95 bits per heavy atom. The van der Waals surface area contributed by atoms with Gasteiger partial charge in [0.25, 0.3) is 0 Å². The molecule has 0 saturated carbocycles. The van der Waals surface area contributed by atoms with Crippen molar-refractivity contribution in [3.63, 3.8) is 0 Å². The number of carbonyl (C=O) groups is 1. The van der Waals surface area contributed by atoms with Crippen molar-refractivity contribution in [2.75, 3.05) is 19.6 Å². The summed E-state index contributed by atoms with van der Waals surface area (Å²) in [5.41, 5.74) is -0.606. The van der Waals surface area contributed by atoms with Gasteiger partial charge in [-0.15, -0.1) is 0 Å². The van der Waals surface area contributed by atoms with Crippen molar-refractivity contribution in [3.8, 4) is 0 Å². The van der Waals surface area contributed by atoms with Crippen LogP contribution in [0, 0.1) is 0 Å². The Bertz CT molecular complexity index is 482. The van der Waals surface area contributed by atoms with Crippen LogP contribution in [0.2, 0.25) is 0 Å². The minimum absolute atomic E-state index is 0.0989. The lowest BCUT2D eigenvalue weighted by atomic mass is 9.97. The number of hydrogen-bond acceptors (Lipinski definition) is 5. The predicted octanol–water partition coefficient (Wildman–Crippen LogP) is 2.03. The average Bonchev–Trinajstić information content (AvgIpc) is 2.88. The van der Waals surface area contributed by atoms with Crippen molar-refractivity contribution in [2.45, 2.75) is 58.4 Å². The van der Waals surface area contributed by atoms with Crippen LogP contribution in [-0.4, -0.2) is 40.6 Å². The van der Waals surface area contributed by atoms with Crippen molar-refractivity contribution in [3.05, 3.63) is 11.7 Å². The summed E-state index contributed by atoms with van der Waals surface area (Å²) in [6.45, 7) is 10.7. The van der Waals surface area contributed by atoms with Crippen molar-refractivity contribution < 1.29 is 9.32 Å². The number of nitrogens with zero attached hydrogens (tertiary/aromatic N) is 3. The number of aromatic nitrogens is 2. The predicted molar refractivity (Wildman–Crippen MR) is 79.8 cm³/mol. The molecule has 0 bridgehead atoms. The Morgan fingerprint density at radius 1 is 1.52 bits per heavy atom. The van der Waals surface area contributed by atoms with Gasteiger partial charge in [-0.05, 0) is 46.2 Å². The van der Waals surface area contributed by atoms with Crippen molar-refractivity contribution in [1.82, 2.24) is 20.4 Å². The second-order valence-electron chi connectivity index (χ2n) is 6.40. The highest BCUT2D eigenvalue weighted by atomic mass is 16.5. The molecule has 0 aliphatic carbocycles. The fraction of sp³-hybridized carbons (Fsp3) is 0.800. The number of amides is 1. The maximum Gasteiger partial charge on any atom is 0.231 e. The molecule has 0 aromatic carbocycles. The molecule has 1 amide bonds. The van der Waals surface area contributed by atoms with Gasteiger partial charge in [0.15, 0.2) is 5.82 Å².